The SMILES string of the molecule is CCc1ccccc1CN(C)C(CN)C1CC1. The molecule has 1 atom stereocenters. The normalized spacial score (nSPS) is 17.4. The van der Waals surface area contributed by atoms with Gasteiger partial charge in [-0.3, -0.25) is 4.90 Å². The number of nitrogens with two attached hydrogens (primary N) is 1. The Bertz CT molecular complexity index is 358. The number of aryl methyl sites for hydroxylation is 1. The first-order valence-electron chi connectivity index (χ1n) is 6.73. The highest BCUT2D eigenvalue weighted by Gasteiger charge is 2.32. The van der Waals surface area contributed by atoms with Gasteiger partial charge in [-0.25, -0.2) is 0 Å². The van der Waals surface area contributed by atoms with Crippen LogP contribution in [0, 0.1) is 5.92 Å². The molecule has 2 heteroatoms. The lowest BCUT2D eigenvalue weighted by Gasteiger charge is -2.27. The number of nitrogens with zero attached hydrogens (tertiary/aromatic N) is 1. The highest BCUT2D eigenvalue weighted by molar-refractivity contribution is 5.27. The number of hydrogen-bond acceptors (Lipinski definition) is 2. The van der Waals surface area contributed by atoms with E-state index in [1.54, 1.807) is 0 Å². The van der Waals surface area contributed by atoms with Crippen LogP contribution in [-0.4, -0.2) is 24.5 Å². The van der Waals surface area contributed by atoms with Crippen molar-refractivity contribution in [2.75, 3.05) is 13.6 Å². The Morgan fingerprint density at radius 2 is 1.94 bits per heavy atom. The number of rotatable bonds is 6. The van der Waals surface area contributed by atoms with E-state index in [0.717, 1.165) is 25.4 Å². The lowest BCUT2D eigenvalue weighted by atomic mass is 10.0. The molecule has 0 aliphatic heterocycles. The van der Waals surface area contributed by atoms with Crippen molar-refractivity contribution >= 4 is 0 Å². The lowest BCUT2D eigenvalue weighted by molar-refractivity contribution is 0.215. The third kappa shape index (κ3) is 3.08. The zero-order valence-electron chi connectivity index (χ0n) is 11.0. The van der Waals surface area contributed by atoms with Gasteiger partial charge in [0.2, 0.25) is 0 Å². The molecule has 1 aliphatic rings. The molecule has 0 amide bonds. The molecule has 2 N–H and O–H groups in total. The van der Waals surface area contributed by atoms with Crippen LogP contribution in [0.25, 0.3) is 0 Å². The van der Waals surface area contributed by atoms with E-state index in [-0.39, 0.29) is 0 Å². The summed E-state index contributed by atoms with van der Waals surface area (Å²) < 4.78 is 0. The summed E-state index contributed by atoms with van der Waals surface area (Å²) in [5.74, 6) is 0.846. The molecule has 0 spiro atoms. The molecule has 1 aliphatic carbocycles. The number of benzene rings is 1. The van der Waals surface area contributed by atoms with Crippen molar-refractivity contribution in [3.05, 3.63) is 35.4 Å². The predicted octanol–water partition coefficient (Wildman–Crippen LogP) is 2.42. The molecule has 0 aromatic heterocycles. The molecule has 0 bridgehead atoms. The molecule has 1 unspecified atom stereocenters. The Hall–Kier alpha value is -0.860. The van der Waals surface area contributed by atoms with Crippen LogP contribution in [0.3, 0.4) is 0 Å². The maximum absolute atomic E-state index is 5.90. The molecule has 0 heterocycles. The van der Waals surface area contributed by atoms with Crippen LogP contribution in [0.2, 0.25) is 0 Å². The van der Waals surface area contributed by atoms with Crippen molar-refractivity contribution in [1.29, 1.82) is 0 Å². The maximum atomic E-state index is 5.90. The Balaban J connectivity index is 2.03. The van der Waals surface area contributed by atoms with Crippen molar-refractivity contribution in [3.8, 4) is 0 Å². The molecule has 2 nitrogen and oxygen atoms in total. The van der Waals surface area contributed by atoms with Gasteiger partial charge in [0.25, 0.3) is 0 Å². The minimum absolute atomic E-state index is 0.569. The number of likely N-dealkylation sites (N-methyl/N-ethyl adjacent to an activating group) is 1. The van der Waals surface area contributed by atoms with E-state index in [0.29, 0.717) is 6.04 Å². The van der Waals surface area contributed by atoms with Crippen molar-refractivity contribution in [3.63, 3.8) is 0 Å². The minimum Gasteiger partial charge on any atom is -0.329 e. The van der Waals surface area contributed by atoms with Gasteiger partial charge in [-0.2, -0.15) is 0 Å². The van der Waals surface area contributed by atoms with Gasteiger partial charge in [0, 0.05) is 19.1 Å². The van der Waals surface area contributed by atoms with E-state index < -0.39 is 0 Å². The average molecular weight is 232 g/mol. The third-order valence-electron chi connectivity index (χ3n) is 3.89. The second-order valence-corrected chi connectivity index (χ2v) is 5.18. The molecular formula is C15H24N2. The summed E-state index contributed by atoms with van der Waals surface area (Å²) in [6.07, 6.45) is 3.84. The van der Waals surface area contributed by atoms with E-state index in [1.807, 2.05) is 0 Å². The largest absolute Gasteiger partial charge is 0.329 e. The first-order valence-corrected chi connectivity index (χ1v) is 6.73. The molecular weight excluding hydrogens is 208 g/mol. The summed E-state index contributed by atoms with van der Waals surface area (Å²) in [4.78, 5) is 2.44. The summed E-state index contributed by atoms with van der Waals surface area (Å²) in [7, 11) is 2.21. The average Bonchev–Trinajstić information content (AvgIpc) is 3.15. The Labute approximate surface area is 105 Å². The topological polar surface area (TPSA) is 29.3 Å². The fraction of sp³-hybridized carbons (Fsp3) is 0.600. The highest BCUT2D eigenvalue weighted by atomic mass is 15.1. The van der Waals surface area contributed by atoms with Gasteiger partial charge in [0.15, 0.2) is 0 Å². The van der Waals surface area contributed by atoms with Crippen LogP contribution in [0.5, 0.6) is 0 Å². The molecule has 17 heavy (non-hydrogen) atoms. The van der Waals surface area contributed by atoms with Gasteiger partial charge in [-0.1, -0.05) is 31.2 Å². The van der Waals surface area contributed by atoms with Crippen molar-refractivity contribution < 1.29 is 0 Å². The van der Waals surface area contributed by atoms with Crippen LogP contribution in [0.1, 0.15) is 30.9 Å². The van der Waals surface area contributed by atoms with E-state index in [2.05, 4.69) is 43.1 Å². The van der Waals surface area contributed by atoms with Gasteiger partial charge >= 0.3 is 0 Å². The molecule has 1 aromatic rings. The molecule has 1 aromatic carbocycles. The van der Waals surface area contributed by atoms with Crippen molar-refractivity contribution in [2.45, 2.75) is 38.8 Å². The van der Waals surface area contributed by atoms with E-state index >= 15 is 0 Å². The minimum atomic E-state index is 0.569. The Kier molecular flexibility index (Phi) is 4.19. The van der Waals surface area contributed by atoms with Crippen LogP contribution < -0.4 is 5.73 Å². The molecule has 2 rings (SSSR count). The molecule has 0 radical (unpaired) electrons. The summed E-state index contributed by atoms with van der Waals surface area (Å²) >= 11 is 0. The molecule has 94 valence electrons. The fourth-order valence-electron chi connectivity index (χ4n) is 2.66. The summed E-state index contributed by atoms with van der Waals surface area (Å²) in [5.41, 5.74) is 8.82. The predicted molar refractivity (Wildman–Crippen MR) is 72.9 cm³/mol. The van der Waals surface area contributed by atoms with Crippen molar-refractivity contribution in [2.24, 2.45) is 11.7 Å². The summed E-state index contributed by atoms with van der Waals surface area (Å²) in [6, 6.07) is 9.31. The standard InChI is InChI=1S/C15H24N2/c1-3-12-6-4-5-7-14(12)11-17(2)15(10-16)13-8-9-13/h4-7,13,15H,3,8-11,16H2,1-2H3. The van der Waals surface area contributed by atoms with Crippen molar-refractivity contribution in [1.82, 2.24) is 4.90 Å². The zero-order valence-corrected chi connectivity index (χ0v) is 11.0. The lowest BCUT2D eigenvalue weighted by Crippen LogP contribution is -2.39. The molecule has 1 fully saturated rings. The van der Waals surface area contributed by atoms with Gasteiger partial charge < -0.3 is 5.73 Å². The van der Waals surface area contributed by atoms with Crippen LogP contribution >= 0.6 is 0 Å². The second kappa shape index (κ2) is 5.65. The van der Waals surface area contributed by atoms with Gasteiger partial charge in [0.05, 0.1) is 0 Å². The molecule has 1 saturated carbocycles. The van der Waals surface area contributed by atoms with Gasteiger partial charge in [-0.05, 0) is 43.4 Å². The second-order valence-electron chi connectivity index (χ2n) is 5.18. The number of hydrogen-bond donors (Lipinski definition) is 1. The van der Waals surface area contributed by atoms with E-state index in [4.69, 9.17) is 5.73 Å². The van der Waals surface area contributed by atoms with Gasteiger partial charge in [0.1, 0.15) is 0 Å². The Morgan fingerprint density at radius 1 is 1.29 bits per heavy atom. The van der Waals surface area contributed by atoms with Crippen LogP contribution in [0.4, 0.5) is 0 Å². The smallest absolute Gasteiger partial charge is 0.0247 e. The Morgan fingerprint density at radius 3 is 2.47 bits per heavy atom. The maximum Gasteiger partial charge on any atom is 0.0247 e. The van der Waals surface area contributed by atoms with Crippen LogP contribution in [-0.2, 0) is 13.0 Å². The van der Waals surface area contributed by atoms with E-state index in [1.165, 1.54) is 24.0 Å². The quantitative estimate of drug-likeness (QED) is 0.816. The summed E-state index contributed by atoms with van der Waals surface area (Å²) in [5, 5.41) is 0. The van der Waals surface area contributed by atoms with E-state index in [9.17, 15) is 0 Å². The van der Waals surface area contributed by atoms with Crippen LogP contribution in [0.15, 0.2) is 24.3 Å². The fourth-order valence-corrected chi connectivity index (χ4v) is 2.66. The monoisotopic (exact) mass is 232 g/mol. The summed E-state index contributed by atoms with van der Waals surface area (Å²) in [6.45, 7) is 4.04. The third-order valence-corrected chi connectivity index (χ3v) is 3.89. The molecule has 0 saturated heterocycles. The van der Waals surface area contributed by atoms with Gasteiger partial charge in [-0.15, -0.1) is 0 Å². The first-order chi connectivity index (χ1) is 8.26. The highest BCUT2D eigenvalue weighted by Crippen LogP contribution is 2.35. The first kappa shape index (κ1) is 12.6. The zero-order chi connectivity index (χ0) is 12.3.